The third-order valence-corrected chi connectivity index (χ3v) is 3.54. The Bertz CT molecular complexity index is 230. The van der Waals surface area contributed by atoms with E-state index in [4.69, 9.17) is 0 Å². The molecule has 10 heavy (non-hydrogen) atoms. The summed E-state index contributed by atoms with van der Waals surface area (Å²) >= 11 is 6.05. The van der Waals surface area contributed by atoms with Crippen molar-refractivity contribution >= 4 is 40.0 Å². The molecule has 0 aromatic heterocycles. The van der Waals surface area contributed by atoms with Gasteiger partial charge < -0.3 is 0 Å². The molecule has 0 nitrogen and oxygen atoms in total. The summed E-state index contributed by atoms with van der Waals surface area (Å²) in [5, 5.41) is 0. The van der Waals surface area contributed by atoms with Crippen LogP contribution in [0.3, 0.4) is 0 Å². The van der Waals surface area contributed by atoms with Crippen molar-refractivity contribution in [3.05, 3.63) is 23.3 Å². The first-order chi connectivity index (χ1) is 4.63. The maximum absolute atomic E-state index is 3.02. The molecule has 0 fully saturated rings. The summed E-state index contributed by atoms with van der Waals surface area (Å²) in [4.78, 5) is 0. The zero-order valence-corrected chi connectivity index (χ0v) is 9.40. The van der Waals surface area contributed by atoms with Gasteiger partial charge in [-0.25, -0.2) is 0 Å². The van der Waals surface area contributed by atoms with Crippen molar-refractivity contribution in [2.24, 2.45) is 0 Å². The minimum atomic E-state index is 1.25. The molecule has 0 bridgehead atoms. The maximum atomic E-state index is 3.02. The molecule has 52 valence electrons. The first kappa shape index (κ1) is 8.36. The number of rotatable bonds is 0. The van der Waals surface area contributed by atoms with E-state index in [0.29, 0.717) is 0 Å². The van der Waals surface area contributed by atoms with E-state index in [-0.39, 0.29) is 0 Å². The summed E-state index contributed by atoms with van der Waals surface area (Å²) < 4.78 is 2.49. The van der Waals surface area contributed by atoms with Crippen LogP contribution in [0.4, 0.5) is 0 Å². The van der Waals surface area contributed by atoms with Crippen LogP contribution in [-0.4, -0.2) is 40.0 Å². The Labute approximate surface area is 77.1 Å². The molecule has 0 saturated heterocycles. The monoisotopic (exact) mass is 264 g/mol. The standard InChI is InChI=1S/C8H8Se2/c1-5-6(2)8(10)4-3-7(5)9/h3-4H,1-2H3. The van der Waals surface area contributed by atoms with Gasteiger partial charge in [0.05, 0.1) is 0 Å². The first-order valence-electron chi connectivity index (χ1n) is 3.07. The third kappa shape index (κ3) is 1.46. The van der Waals surface area contributed by atoms with Crippen molar-refractivity contribution in [1.82, 2.24) is 0 Å². The SMILES string of the molecule is CC1=C(C)C(=[Se])C=CC1=[Se]. The predicted octanol–water partition coefficient (Wildman–Crippen LogP) is 0.574. The Hall–Kier alpha value is 0.259. The van der Waals surface area contributed by atoms with Gasteiger partial charge in [-0.05, 0) is 0 Å². The van der Waals surface area contributed by atoms with Crippen LogP contribution < -0.4 is 0 Å². The van der Waals surface area contributed by atoms with Gasteiger partial charge >= 0.3 is 77.1 Å². The molecule has 2 heteroatoms. The molecular weight excluding hydrogens is 254 g/mol. The van der Waals surface area contributed by atoms with Gasteiger partial charge in [0.1, 0.15) is 0 Å². The molecular formula is C8H8Se2. The second-order valence-electron chi connectivity index (χ2n) is 2.31. The number of hydrogen-bond acceptors (Lipinski definition) is 0. The van der Waals surface area contributed by atoms with E-state index in [0.717, 1.165) is 0 Å². The van der Waals surface area contributed by atoms with Crippen LogP contribution in [0, 0.1) is 0 Å². The van der Waals surface area contributed by atoms with Gasteiger partial charge in [0, 0.05) is 0 Å². The van der Waals surface area contributed by atoms with Crippen molar-refractivity contribution in [3.63, 3.8) is 0 Å². The van der Waals surface area contributed by atoms with E-state index in [2.05, 4.69) is 57.2 Å². The van der Waals surface area contributed by atoms with Gasteiger partial charge in [0.15, 0.2) is 0 Å². The Morgan fingerprint density at radius 1 is 0.900 bits per heavy atom. The van der Waals surface area contributed by atoms with Crippen LogP contribution >= 0.6 is 0 Å². The number of allylic oxidation sites excluding steroid dienone is 4. The van der Waals surface area contributed by atoms with E-state index >= 15 is 0 Å². The van der Waals surface area contributed by atoms with Crippen molar-refractivity contribution in [2.75, 3.05) is 0 Å². The van der Waals surface area contributed by atoms with Gasteiger partial charge in [-0.3, -0.25) is 0 Å². The molecule has 0 unspecified atom stereocenters. The molecule has 1 rings (SSSR count). The molecule has 0 atom stereocenters. The average molecular weight is 262 g/mol. The van der Waals surface area contributed by atoms with Crippen molar-refractivity contribution in [2.45, 2.75) is 13.8 Å². The zero-order valence-electron chi connectivity index (χ0n) is 5.97. The van der Waals surface area contributed by atoms with Crippen molar-refractivity contribution in [3.8, 4) is 0 Å². The first-order valence-corrected chi connectivity index (χ1v) is 4.78. The van der Waals surface area contributed by atoms with Crippen molar-refractivity contribution < 1.29 is 0 Å². The van der Waals surface area contributed by atoms with Crippen LogP contribution in [-0.2, 0) is 0 Å². The minimum absolute atomic E-state index is 1.25. The van der Waals surface area contributed by atoms with Crippen LogP contribution in [0.25, 0.3) is 0 Å². The summed E-state index contributed by atoms with van der Waals surface area (Å²) in [6, 6.07) is 0. The van der Waals surface area contributed by atoms with E-state index in [1.165, 1.54) is 20.0 Å². The quantitative estimate of drug-likeness (QED) is 0.560. The zero-order chi connectivity index (χ0) is 7.72. The van der Waals surface area contributed by atoms with E-state index < -0.39 is 0 Å². The fourth-order valence-electron chi connectivity index (χ4n) is 0.771. The van der Waals surface area contributed by atoms with Gasteiger partial charge in [-0.1, -0.05) is 0 Å². The van der Waals surface area contributed by atoms with Crippen LogP contribution in [0.5, 0.6) is 0 Å². The molecule has 1 aliphatic carbocycles. The normalized spacial score (nSPS) is 18.6. The van der Waals surface area contributed by atoms with Gasteiger partial charge in [-0.2, -0.15) is 0 Å². The molecule has 0 heterocycles. The van der Waals surface area contributed by atoms with Gasteiger partial charge in [-0.15, -0.1) is 0 Å². The Balaban J connectivity index is 3.12. The summed E-state index contributed by atoms with van der Waals surface area (Å²) in [6.45, 7) is 4.25. The Morgan fingerprint density at radius 2 is 1.20 bits per heavy atom. The number of hydrogen-bond donors (Lipinski definition) is 0. The molecule has 0 aromatic carbocycles. The van der Waals surface area contributed by atoms with E-state index in [9.17, 15) is 0 Å². The molecule has 0 N–H and O–H groups in total. The molecule has 0 spiro atoms. The second-order valence-corrected chi connectivity index (χ2v) is 4.16. The molecule has 0 aliphatic heterocycles. The average Bonchev–Trinajstić information content (AvgIpc) is 1.93. The molecule has 0 radical (unpaired) electrons. The van der Waals surface area contributed by atoms with Gasteiger partial charge in [0.25, 0.3) is 0 Å². The van der Waals surface area contributed by atoms with Crippen LogP contribution in [0.15, 0.2) is 23.3 Å². The van der Waals surface area contributed by atoms with E-state index in [1.807, 2.05) is 0 Å². The fourth-order valence-corrected chi connectivity index (χ4v) is 1.70. The Kier molecular flexibility index (Phi) is 2.60. The van der Waals surface area contributed by atoms with Crippen LogP contribution in [0.1, 0.15) is 13.8 Å². The molecule has 0 saturated carbocycles. The van der Waals surface area contributed by atoms with Crippen LogP contribution in [0.2, 0.25) is 0 Å². The third-order valence-electron chi connectivity index (χ3n) is 1.69. The van der Waals surface area contributed by atoms with E-state index in [1.54, 1.807) is 0 Å². The summed E-state index contributed by atoms with van der Waals surface area (Å²) in [5.74, 6) is 0. The summed E-state index contributed by atoms with van der Waals surface area (Å²) in [5.41, 5.74) is 2.69. The summed E-state index contributed by atoms with van der Waals surface area (Å²) in [7, 11) is 0. The molecule has 0 aromatic rings. The van der Waals surface area contributed by atoms with Crippen molar-refractivity contribution in [1.29, 1.82) is 0 Å². The molecule has 0 amide bonds. The fraction of sp³-hybridized carbons (Fsp3) is 0.250. The predicted molar refractivity (Wildman–Crippen MR) is 49.0 cm³/mol. The molecule has 1 aliphatic rings. The topological polar surface area (TPSA) is 0 Å². The second kappa shape index (κ2) is 3.11. The van der Waals surface area contributed by atoms with Gasteiger partial charge in [0.2, 0.25) is 0 Å². The Morgan fingerprint density at radius 3 is 1.50 bits per heavy atom. The summed E-state index contributed by atoms with van der Waals surface area (Å²) in [6.07, 6.45) is 4.18.